The van der Waals surface area contributed by atoms with Crippen molar-refractivity contribution in [2.45, 2.75) is 58.2 Å². The van der Waals surface area contributed by atoms with Gasteiger partial charge in [-0.1, -0.05) is 78.3 Å². The first-order valence-electron chi connectivity index (χ1n) is 14.3. The molecular formula is C35H36ClN3O3. The van der Waals surface area contributed by atoms with Crippen molar-refractivity contribution in [2.24, 2.45) is 0 Å². The van der Waals surface area contributed by atoms with E-state index in [0.717, 1.165) is 27.6 Å². The Hall–Kier alpha value is -4.16. The normalized spacial score (nSPS) is 13.3. The van der Waals surface area contributed by atoms with Crippen molar-refractivity contribution < 1.29 is 14.4 Å². The Bertz CT molecular complexity index is 1610. The summed E-state index contributed by atoms with van der Waals surface area (Å²) < 4.78 is 0. The van der Waals surface area contributed by atoms with Crippen molar-refractivity contribution >= 4 is 45.8 Å². The van der Waals surface area contributed by atoms with Gasteiger partial charge in [0.05, 0.1) is 5.69 Å². The van der Waals surface area contributed by atoms with Gasteiger partial charge in [0.25, 0.3) is 5.91 Å². The number of hydrogen-bond acceptors (Lipinski definition) is 3. The van der Waals surface area contributed by atoms with Crippen LogP contribution < -0.4 is 10.2 Å². The summed E-state index contributed by atoms with van der Waals surface area (Å²) in [4.78, 5) is 44.4. The van der Waals surface area contributed by atoms with E-state index in [1.807, 2.05) is 106 Å². The molecule has 0 aromatic heterocycles. The molecule has 0 aliphatic carbocycles. The molecule has 0 radical (unpaired) electrons. The topological polar surface area (TPSA) is 69.7 Å². The highest BCUT2D eigenvalue weighted by molar-refractivity contribution is 6.30. The first-order valence-corrected chi connectivity index (χ1v) is 14.7. The van der Waals surface area contributed by atoms with Gasteiger partial charge in [0.1, 0.15) is 6.04 Å². The minimum absolute atomic E-state index is 0.0449. The zero-order chi connectivity index (χ0) is 29.9. The summed E-state index contributed by atoms with van der Waals surface area (Å²) in [7, 11) is 0. The number of benzene rings is 4. The van der Waals surface area contributed by atoms with Crippen LogP contribution >= 0.6 is 11.6 Å². The van der Waals surface area contributed by atoms with Gasteiger partial charge in [-0.2, -0.15) is 0 Å². The molecule has 0 saturated carbocycles. The summed E-state index contributed by atoms with van der Waals surface area (Å²) in [5, 5.41) is 5.64. The van der Waals surface area contributed by atoms with Crippen LogP contribution in [0.3, 0.4) is 0 Å². The molecule has 0 fully saturated rings. The second-order valence-electron chi connectivity index (χ2n) is 11.8. The van der Waals surface area contributed by atoms with Crippen LogP contribution in [0.4, 0.5) is 5.69 Å². The van der Waals surface area contributed by atoms with Crippen molar-refractivity contribution in [3.8, 4) is 0 Å². The van der Waals surface area contributed by atoms with Gasteiger partial charge in [-0.05, 0) is 68.0 Å². The van der Waals surface area contributed by atoms with Crippen molar-refractivity contribution in [1.29, 1.82) is 0 Å². The molecule has 6 nitrogen and oxygen atoms in total. The molecule has 42 heavy (non-hydrogen) atoms. The second-order valence-corrected chi connectivity index (χ2v) is 12.3. The molecule has 1 aliphatic rings. The average Bonchev–Trinajstić information content (AvgIpc) is 3.22. The number of carbonyl (C=O) groups is 3. The summed E-state index contributed by atoms with van der Waals surface area (Å²) in [6.45, 7) is 6.43. The van der Waals surface area contributed by atoms with E-state index in [-0.39, 0.29) is 30.7 Å². The Labute approximate surface area is 252 Å². The zero-order valence-corrected chi connectivity index (χ0v) is 25.0. The third-order valence-electron chi connectivity index (χ3n) is 7.43. The van der Waals surface area contributed by atoms with Crippen molar-refractivity contribution in [3.63, 3.8) is 0 Å². The lowest BCUT2D eigenvalue weighted by Crippen LogP contribution is -2.54. The summed E-state index contributed by atoms with van der Waals surface area (Å²) >= 11 is 6.29. The van der Waals surface area contributed by atoms with Gasteiger partial charge in [0.15, 0.2) is 0 Å². The van der Waals surface area contributed by atoms with Gasteiger partial charge < -0.3 is 15.1 Å². The summed E-state index contributed by atoms with van der Waals surface area (Å²) in [5.41, 5.74) is 2.91. The first-order chi connectivity index (χ1) is 20.1. The first kappa shape index (κ1) is 29.3. The number of halogens is 1. The predicted octanol–water partition coefficient (Wildman–Crippen LogP) is 6.79. The molecule has 5 rings (SSSR count). The van der Waals surface area contributed by atoms with Crippen LogP contribution in [0.25, 0.3) is 10.8 Å². The molecule has 4 aromatic rings. The average molecular weight is 582 g/mol. The molecule has 1 aliphatic heterocycles. The van der Waals surface area contributed by atoms with E-state index in [9.17, 15) is 14.4 Å². The van der Waals surface area contributed by atoms with E-state index in [0.29, 0.717) is 30.0 Å². The molecule has 4 aromatic carbocycles. The number of carbonyl (C=O) groups excluding carboxylic acids is 3. The molecule has 0 saturated heterocycles. The minimum Gasteiger partial charge on any atom is -0.350 e. The number of hydrogen-bond donors (Lipinski definition) is 1. The summed E-state index contributed by atoms with van der Waals surface area (Å²) in [6.07, 6.45) is 1.02. The molecule has 1 atom stereocenters. The van der Waals surface area contributed by atoms with Crippen LogP contribution in [0, 0.1) is 0 Å². The Morgan fingerprint density at radius 3 is 2.31 bits per heavy atom. The number of rotatable bonds is 10. The predicted molar refractivity (Wildman–Crippen MR) is 169 cm³/mol. The lowest BCUT2D eigenvalue weighted by atomic mass is 10.00. The van der Waals surface area contributed by atoms with E-state index in [2.05, 4.69) is 5.32 Å². The van der Waals surface area contributed by atoms with Crippen molar-refractivity contribution in [3.05, 3.63) is 113 Å². The fraction of sp³-hybridized carbons (Fsp3) is 0.286. The Kier molecular flexibility index (Phi) is 8.64. The SMILES string of the molecule is CC(C)(C)NC(=O)[C@@H](Cc1ccccc1)N(Cc1cccc(Cl)c1)C(=O)CCCN1C(=O)c2cccc3cccc1c23. The van der Waals surface area contributed by atoms with E-state index in [4.69, 9.17) is 11.6 Å². The van der Waals surface area contributed by atoms with Gasteiger partial charge in [0, 0.05) is 47.4 Å². The molecule has 0 spiro atoms. The minimum atomic E-state index is -0.732. The standard InChI is InChI=1S/C35H36ClN3O3/c1-35(2,3)37-33(41)30(22-24-11-5-4-6-12-24)39(23-25-13-7-16-27(36)21-25)31(40)19-10-20-38-29-18-9-15-26-14-8-17-28(32(26)29)34(38)42/h4-9,11-18,21,30H,10,19-20,22-23H2,1-3H3,(H,37,41)/t30-/m1/s1. The second kappa shape index (κ2) is 12.4. The maximum atomic E-state index is 14.0. The Balaban J connectivity index is 1.39. The van der Waals surface area contributed by atoms with E-state index in [1.54, 1.807) is 15.9 Å². The molecule has 1 N–H and O–H groups in total. The monoisotopic (exact) mass is 581 g/mol. The molecule has 0 unspecified atom stereocenters. The number of amides is 3. The van der Waals surface area contributed by atoms with Crippen molar-refractivity contribution in [1.82, 2.24) is 10.2 Å². The Morgan fingerprint density at radius 2 is 1.60 bits per heavy atom. The third kappa shape index (κ3) is 6.66. The maximum Gasteiger partial charge on any atom is 0.258 e. The van der Waals surface area contributed by atoms with Gasteiger partial charge >= 0.3 is 0 Å². The Morgan fingerprint density at radius 1 is 0.905 bits per heavy atom. The van der Waals surface area contributed by atoms with Gasteiger partial charge in [0.2, 0.25) is 11.8 Å². The molecule has 3 amide bonds. The zero-order valence-electron chi connectivity index (χ0n) is 24.3. The van der Waals surface area contributed by atoms with Crippen LogP contribution in [0.5, 0.6) is 0 Å². The summed E-state index contributed by atoms with van der Waals surface area (Å²) in [5.74, 6) is -0.405. The maximum absolute atomic E-state index is 14.0. The van der Waals surface area contributed by atoms with Crippen LogP contribution in [0.15, 0.2) is 91.0 Å². The number of anilines is 1. The summed E-state index contributed by atoms with van der Waals surface area (Å²) in [6, 6.07) is 28.0. The fourth-order valence-electron chi connectivity index (χ4n) is 5.57. The number of nitrogens with one attached hydrogen (secondary N) is 1. The van der Waals surface area contributed by atoms with Crippen LogP contribution in [-0.4, -0.2) is 40.7 Å². The highest BCUT2D eigenvalue weighted by Gasteiger charge is 2.33. The van der Waals surface area contributed by atoms with Crippen LogP contribution in [0.2, 0.25) is 5.02 Å². The lowest BCUT2D eigenvalue weighted by molar-refractivity contribution is -0.142. The van der Waals surface area contributed by atoms with Crippen LogP contribution in [0.1, 0.15) is 55.1 Å². The highest BCUT2D eigenvalue weighted by Crippen LogP contribution is 2.37. The van der Waals surface area contributed by atoms with E-state index in [1.165, 1.54) is 0 Å². The molecular weight excluding hydrogens is 546 g/mol. The molecule has 7 heteroatoms. The van der Waals surface area contributed by atoms with E-state index < -0.39 is 11.6 Å². The quantitative estimate of drug-likeness (QED) is 0.224. The van der Waals surface area contributed by atoms with Crippen molar-refractivity contribution in [2.75, 3.05) is 11.4 Å². The number of nitrogens with zero attached hydrogens (tertiary/aromatic N) is 2. The molecule has 0 bridgehead atoms. The largest absolute Gasteiger partial charge is 0.350 e. The van der Waals surface area contributed by atoms with Crippen LogP contribution in [-0.2, 0) is 22.6 Å². The highest BCUT2D eigenvalue weighted by atomic mass is 35.5. The van der Waals surface area contributed by atoms with Gasteiger partial charge in [-0.25, -0.2) is 0 Å². The third-order valence-corrected chi connectivity index (χ3v) is 7.67. The van der Waals surface area contributed by atoms with Gasteiger partial charge in [-0.15, -0.1) is 0 Å². The van der Waals surface area contributed by atoms with E-state index >= 15 is 0 Å². The van der Waals surface area contributed by atoms with Gasteiger partial charge in [-0.3, -0.25) is 14.4 Å². The molecule has 1 heterocycles. The lowest BCUT2D eigenvalue weighted by Gasteiger charge is -2.34. The smallest absolute Gasteiger partial charge is 0.258 e. The fourth-order valence-corrected chi connectivity index (χ4v) is 5.78. The molecule has 216 valence electrons.